The first-order valence-electron chi connectivity index (χ1n) is 11.8. The van der Waals surface area contributed by atoms with Gasteiger partial charge in [0, 0.05) is 24.6 Å². The Hall–Kier alpha value is -3.29. The Morgan fingerprint density at radius 1 is 0.886 bits per heavy atom. The number of hydrogen-bond donors (Lipinski definition) is 1. The van der Waals surface area contributed by atoms with Crippen LogP contribution in [-0.2, 0) is 14.8 Å². The molecule has 7 heteroatoms. The number of nitrogens with one attached hydrogen (secondary N) is 1. The van der Waals surface area contributed by atoms with E-state index >= 15 is 0 Å². The van der Waals surface area contributed by atoms with Gasteiger partial charge in [-0.2, -0.15) is 4.31 Å². The number of amides is 1. The summed E-state index contributed by atoms with van der Waals surface area (Å²) in [6, 6.07) is 23.8. The van der Waals surface area contributed by atoms with Gasteiger partial charge in [-0.1, -0.05) is 72.3 Å². The van der Waals surface area contributed by atoms with Gasteiger partial charge in [0.05, 0.1) is 10.9 Å². The fraction of sp³-hybridized carbons (Fsp3) is 0.286. The number of benzene rings is 3. The molecule has 0 saturated carbocycles. The number of piperidine rings is 1. The Balaban J connectivity index is 1.45. The van der Waals surface area contributed by atoms with Crippen molar-refractivity contribution in [2.24, 2.45) is 5.92 Å². The van der Waals surface area contributed by atoms with Gasteiger partial charge in [0.2, 0.25) is 15.9 Å². The minimum absolute atomic E-state index is 0.0740. The van der Waals surface area contributed by atoms with Crippen molar-refractivity contribution in [2.45, 2.75) is 37.6 Å². The molecule has 182 valence electrons. The molecule has 0 spiro atoms. The number of sulfonamides is 1. The number of nitrogens with zero attached hydrogens (tertiary/aromatic N) is 1. The minimum Gasteiger partial charge on any atom is -0.345 e. The number of rotatable bonds is 7. The molecular weight excluding hydrogens is 460 g/mol. The van der Waals surface area contributed by atoms with Crippen molar-refractivity contribution in [1.82, 2.24) is 9.62 Å². The van der Waals surface area contributed by atoms with Crippen LogP contribution in [0.1, 0.15) is 52.9 Å². The molecule has 1 aliphatic heterocycles. The predicted octanol–water partition coefficient (Wildman–Crippen LogP) is 4.50. The maximum Gasteiger partial charge on any atom is 0.243 e. The van der Waals surface area contributed by atoms with Crippen molar-refractivity contribution < 1.29 is 18.0 Å². The molecule has 1 fully saturated rings. The molecule has 0 aromatic heterocycles. The zero-order valence-corrected chi connectivity index (χ0v) is 20.8. The Morgan fingerprint density at radius 3 is 2.14 bits per heavy atom. The van der Waals surface area contributed by atoms with E-state index in [2.05, 4.69) is 5.32 Å². The summed E-state index contributed by atoms with van der Waals surface area (Å²) in [4.78, 5) is 25.0. The lowest BCUT2D eigenvalue weighted by molar-refractivity contribution is -0.126. The lowest BCUT2D eigenvalue weighted by Crippen LogP contribution is -2.43. The molecule has 1 atom stereocenters. The second-order valence-electron chi connectivity index (χ2n) is 9.03. The first-order valence-corrected chi connectivity index (χ1v) is 13.2. The van der Waals surface area contributed by atoms with Gasteiger partial charge in [-0.05, 0) is 49.9 Å². The summed E-state index contributed by atoms with van der Waals surface area (Å²) in [5.74, 6) is -0.532. The zero-order valence-electron chi connectivity index (χ0n) is 20.0. The summed E-state index contributed by atoms with van der Waals surface area (Å²) in [6.45, 7) is 3.95. The highest BCUT2D eigenvalue weighted by Gasteiger charge is 2.33. The molecule has 1 heterocycles. The van der Waals surface area contributed by atoms with E-state index in [-0.39, 0.29) is 41.6 Å². The SMILES string of the molecule is CC(=O)c1cccc(S(=O)(=O)N2CCC(C(=O)N[C@@H](c3ccccc3)c3ccc(C)cc3)CC2)c1. The van der Waals surface area contributed by atoms with Crippen LogP contribution in [-0.4, -0.2) is 37.5 Å². The normalized spacial score (nSPS) is 15.9. The Labute approximate surface area is 207 Å². The number of ketones is 1. The third-order valence-corrected chi connectivity index (χ3v) is 8.43. The smallest absolute Gasteiger partial charge is 0.243 e. The van der Waals surface area contributed by atoms with Crippen molar-refractivity contribution in [3.63, 3.8) is 0 Å². The Bertz CT molecular complexity index is 1300. The second-order valence-corrected chi connectivity index (χ2v) is 11.0. The summed E-state index contributed by atoms with van der Waals surface area (Å²) in [5, 5.41) is 3.20. The molecule has 6 nitrogen and oxygen atoms in total. The summed E-state index contributed by atoms with van der Waals surface area (Å²) in [6.07, 6.45) is 0.875. The molecule has 1 N–H and O–H groups in total. The van der Waals surface area contributed by atoms with Crippen LogP contribution in [0.3, 0.4) is 0 Å². The van der Waals surface area contributed by atoms with Crippen LogP contribution < -0.4 is 5.32 Å². The summed E-state index contributed by atoms with van der Waals surface area (Å²) < 4.78 is 27.7. The number of carbonyl (C=O) groups is 2. The van der Waals surface area contributed by atoms with Gasteiger partial charge in [0.15, 0.2) is 5.78 Å². The third-order valence-electron chi connectivity index (χ3n) is 6.53. The second kappa shape index (κ2) is 10.5. The molecular formula is C28H30N2O4S. The molecule has 0 bridgehead atoms. The molecule has 0 unspecified atom stereocenters. The molecule has 1 aliphatic rings. The van der Waals surface area contributed by atoms with Gasteiger partial charge in [-0.15, -0.1) is 0 Å². The topological polar surface area (TPSA) is 83.6 Å². The maximum atomic E-state index is 13.3. The monoisotopic (exact) mass is 490 g/mol. The van der Waals surface area contributed by atoms with Crippen LogP contribution >= 0.6 is 0 Å². The highest BCUT2D eigenvalue weighted by Crippen LogP contribution is 2.27. The van der Waals surface area contributed by atoms with E-state index < -0.39 is 10.0 Å². The first-order chi connectivity index (χ1) is 16.8. The van der Waals surface area contributed by atoms with E-state index in [1.54, 1.807) is 12.1 Å². The van der Waals surface area contributed by atoms with Gasteiger partial charge < -0.3 is 5.32 Å². The predicted molar refractivity (Wildman–Crippen MR) is 136 cm³/mol. The molecule has 4 rings (SSSR count). The van der Waals surface area contributed by atoms with E-state index in [1.165, 1.54) is 23.4 Å². The third kappa shape index (κ3) is 5.69. The molecule has 0 radical (unpaired) electrons. The van der Waals surface area contributed by atoms with Gasteiger partial charge in [-0.25, -0.2) is 8.42 Å². The number of aryl methyl sites for hydroxylation is 1. The lowest BCUT2D eigenvalue weighted by Gasteiger charge is -2.31. The molecule has 1 saturated heterocycles. The fourth-order valence-electron chi connectivity index (χ4n) is 4.41. The summed E-state index contributed by atoms with van der Waals surface area (Å²) in [7, 11) is -3.73. The number of hydrogen-bond acceptors (Lipinski definition) is 4. The van der Waals surface area contributed by atoms with Crippen molar-refractivity contribution >= 4 is 21.7 Å². The van der Waals surface area contributed by atoms with Gasteiger partial charge >= 0.3 is 0 Å². The number of carbonyl (C=O) groups excluding carboxylic acids is 2. The van der Waals surface area contributed by atoms with Crippen molar-refractivity contribution in [2.75, 3.05) is 13.1 Å². The van der Waals surface area contributed by atoms with Crippen molar-refractivity contribution in [3.05, 3.63) is 101 Å². The van der Waals surface area contributed by atoms with E-state index in [9.17, 15) is 18.0 Å². The summed E-state index contributed by atoms with van der Waals surface area (Å²) in [5.41, 5.74) is 3.51. The molecule has 1 amide bonds. The van der Waals surface area contributed by atoms with Gasteiger partial charge in [0.1, 0.15) is 0 Å². The highest BCUT2D eigenvalue weighted by atomic mass is 32.2. The minimum atomic E-state index is -3.73. The van der Waals surface area contributed by atoms with Crippen LogP contribution in [0.2, 0.25) is 0 Å². The lowest BCUT2D eigenvalue weighted by atomic mass is 9.94. The molecule has 0 aliphatic carbocycles. The first kappa shape index (κ1) is 24.8. The highest BCUT2D eigenvalue weighted by molar-refractivity contribution is 7.89. The van der Waals surface area contributed by atoms with Crippen LogP contribution in [0.5, 0.6) is 0 Å². The molecule has 3 aromatic rings. The van der Waals surface area contributed by atoms with Crippen LogP contribution in [0.15, 0.2) is 83.8 Å². The van der Waals surface area contributed by atoms with Gasteiger partial charge in [-0.3, -0.25) is 9.59 Å². The van der Waals surface area contributed by atoms with Gasteiger partial charge in [0.25, 0.3) is 0 Å². The maximum absolute atomic E-state index is 13.3. The standard InChI is InChI=1S/C28H30N2O4S/c1-20-11-13-23(14-12-20)27(22-7-4-3-5-8-22)29-28(32)24-15-17-30(18-16-24)35(33,34)26-10-6-9-25(19-26)21(2)31/h3-14,19,24,27H,15-18H2,1-2H3,(H,29,32)/t27-/m0/s1. The van der Waals surface area contributed by atoms with Crippen LogP contribution in [0, 0.1) is 12.8 Å². The van der Waals surface area contributed by atoms with Crippen LogP contribution in [0.25, 0.3) is 0 Å². The summed E-state index contributed by atoms with van der Waals surface area (Å²) >= 11 is 0. The molecule has 35 heavy (non-hydrogen) atoms. The van der Waals surface area contributed by atoms with E-state index in [4.69, 9.17) is 0 Å². The molecule has 3 aromatic carbocycles. The Morgan fingerprint density at radius 2 is 1.51 bits per heavy atom. The van der Waals surface area contributed by atoms with E-state index in [0.29, 0.717) is 18.4 Å². The number of Topliss-reactive ketones (excluding diaryl/α,β-unsaturated/α-hetero) is 1. The largest absolute Gasteiger partial charge is 0.345 e. The average Bonchev–Trinajstić information content (AvgIpc) is 2.88. The quantitative estimate of drug-likeness (QED) is 0.494. The van der Waals surface area contributed by atoms with E-state index in [0.717, 1.165) is 16.7 Å². The Kier molecular flexibility index (Phi) is 7.48. The average molecular weight is 491 g/mol. The van der Waals surface area contributed by atoms with Crippen LogP contribution in [0.4, 0.5) is 0 Å². The zero-order chi connectivity index (χ0) is 25.0. The van der Waals surface area contributed by atoms with E-state index in [1.807, 2.05) is 61.5 Å². The van der Waals surface area contributed by atoms with Crippen molar-refractivity contribution in [1.29, 1.82) is 0 Å². The fourth-order valence-corrected chi connectivity index (χ4v) is 5.92. The van der Waals surface area contributed by atoms with Crippen molar-refractivity contribution in [3.8, 4) is 0 Å².